The molecule has 96 valence electrons. The fourth-order valence-electron chi connectivity index (χ4n) is 1.93. The zero-order chi connectivity index (χ0) is 13.0. The Hall–Kier alpha value is -1.20. The van der Waals surface area contributed by atoms with E-state index >= 15 is 0 Å². The van der Waals surface area contributed by atoms with E-state index in [2.05, 4.69) is 31.2 Å². The first-order valence-corrected chi connectivity index (χ1v) is 6.67. The molecule has 2 aromatic rings. The predicted octanol–water partition coefficient (Wildman–Crippen LogP) is 3.20. The van der Waals surface area contributed by atoms with Gasteiger partial charge in [0.15, 0.2) is 0 Å². The monoisotopic (exact) mass is 311 g/mol. The second kappa shape index (κ2) is 6.11. The number of aromatic amines is 1. The Kier molecular flexibility index (Phi) is 4.49. The van der Waals surface area contributed by atoms with Gasteiger partial charge in [0.25, 0.3) is 0 Å². The number of imidazole rings is 1. The fourth-order valence-corrected chi connectivity index (χ4v) is 2.31. The van der Waals surface area contributed by atoms with Crippen LogP contribution in [0.1, 0.15) is 24.4 Å². The molecule has 0 saturated heterocycles. The third-order valence-corrected chi connectivity index (χ3v) is 3.37. The van der Waals surface area contributed by atoms with E-state index in [1.807, 2.05) is 13.0 Å². The van der Waals surface area contributed by atoms with Gasteiger partial charge in [-0.1, -0.05) is 19.1 Å². The molecule has 0 aliphatic heterocycles. The highest BCUT2D eigenvalue weighted by Gasteiger charge is 2.17. The van der Waals surface area contributed by atoms with Gasteiger partial charge in [-0.15, -0.1) is 0 Å². The van der Waals surface area contributed by atoms with Crippen molar-refractivity contribution in [2.75, 3.05) is 6.54 Å². The van der Waals surface area contributed by atoms with Crippen molar-refractivity contribution >= 4 is 15.9 Å². The smallest absolute Gasteiger partial charge is 0.142 e. The molecule has 0 radical (unpaired) electrons. The van der Waals surface area contributed by atoms with Gasteiger partial charge in [-0.2, -0.15) is 0 Å². The SMILES string of the molecule is CCNC(Cc1ncc[nH]1)c1cccc(Br)c1F. The molecule has 0 aliphatic rings. The molecular weight excluding hydrogens is 297 g/mol. The summed E-state index contributed by atoms with van der Waals surface area (Å²) in [6.07, 6.45) is 4.11. The maximum absolute atomic E-state index is 14.1. The van der Waals surface area contributed by atoms with Crippen LogP contribution in [0.4, 0.5) is 4.39 Å². The normalized spacial score (nSPS) is 12.6. The maximum Gasteiger partial charge on any atom is 0.142 e. The van der Waals surface area contributed by atoms with Gasteiger partial charge in [0.2, 0.25) is 0 Å². The van der Waals surface area contributed by atoms with E-state index in [0.29, 0.717) is 16.5 Å². The van der Waals surface area contributed by atoms with Gasteiger partial charge in [0.05, 0.1) is 4.47 Å². The standard InChI is InChI=1S/C13H15BrFN3/c1-2-16-11(8-12-17-6-7-18-12)9-4-3-5-10(14)13(9)15/h3-7,11,16H,2,8H2,1H3,(H,17,18). The van der Waals surface area contributed by atoms with E-state index in [4.69, 9.17) is 0 Å². The van der Waals surface area contributed by atoms with Gasteiger partial charge in [-0.05, 0) is 28.5 Å². The van der Waals surface area contributed by atoms with E-state index in [1.165, 1.54) is 0 Å². The summed E-state index contributed by atoms with van der Waals surface area (Å²) in [5, 5.41) is 3.28. The van der Waals surface area contributed by atoms with E-state index < -0.39 is 0 Å². The molecule has 2 N–H and O–H groups in total. The maximum atomic E-state index is 14.1. The summed E-state index contributed by atoms with van der Waals surface area (Å²) >= 11 is 3.22. The zero-order valence-corrected chi connectivity index (χ0v) is 11.7. The van der Waals surface area contributed by atoms with Crippen molar-refractivity contribution in [1.82, 2.24) is 15.3 Å². The lowest BCUT2D eigenvalue weighted by atomic mass is 10.0. The van der Waals surface area contributed by atoms with Gasteiger partial charge in [-0.3, -0.25) is 0 Å². The number of aromatic nitrogens is 2. The van der Waals surface area contributed by atoms with Crippen LogP contribution in [-0.4, -0.2) is 16.5 Å². The predicted molar refractivity (Wildman–Crippen MR) is 72.8 cm³/mol. The van der Waals surface area contributed by atoms with Crippen molar-refractivity contribution in [2.24, 2.45) is 0 Å². The Morgan fingerprint density at radius 1 is 1.50 bits per heavy atom. The van der Waals surface area contributed by atoms with Gasteiger partial charge < -0.3 is 10.3 Å². The molecule has 3 nitrogen and oxygen atoms in total. The lowest BCUT2D eigenvalue weighted by molar-refractivity contribution is 0.501. The quantitative estimate of drug-likeness (QED) is 0.890. The average Bonchev–Trinajstić information content (AvgIpc) is 2.85. The third kappa shape index (κ3) is 2.97. The number of halogens is 2. The molecule has 0 bridgehead atoms. The first-order chi connectivity index (χ1) is 8.72. The first kappa shape index (κ1) is 13.2. The summed E-state index contributed by atoms with van der Waals surface area (Å²) in [7, 11) is 0. The van der Waals surface area contributed by atoms with Gasteiger partial charge in [0, 0.05) is 30.4 Å². The number of benzene rings is 1. The highest BCUT2D eigenvalue weighted by atomic mass is 79.9. The highest BCUT2D eigenvalue weighted by molar-refractivity contribution is 9.10. The number of H-pyrrole nitrogens is 1. The van der Waals surface area contributed by atoms with Crippen LogP contribution in [0.2, 0.25) is 0 Å². The number of nitrogens with zero attached hydrogens (tertiary/aromatic N) is 1. The molecule has 18 heavy (non-hydrogen) atoms. The Morgan fingerprint density at radius 2 is 2.33 bits per heavy atom. The number of hydrogen-bond acceptors (Lipinski definition) is 2. The second-order valence-electron chi connectivity index (χ2n) is 3.99. The molecule has 1 aromatic carbocycles. The van der Waals surface area contributed by atoms with Crippen LogP contribution >= 0.6 is 15.9 Å². The third-order valence-electron chi connectivity index (χ3n) is 2.76. The van der Waals surface area contributed by atoms with Gasteiger partial charge >= 0.3 is 0 Å². The molecule has 0 aliphatic carbocycles. The molecule has 1 atom stereocenters. The minimum absolute atomic E-state index is 0.0846. The van der Waals surface area contributed by atoms with Crippen molar-refractivity contribution in [2.45, 2.75) is 19.4 Å². The van der Waals surface area contributed by atoms with Gasteiger partial charge in [0.1, 0.15) is 11.6 Å². The van der Waals surface area contributed by atoms with Crippen LogP contribution in [0, 0.1) is 5.82 Å². The molecule has 1 aromatic heterocycles. The van der Waals surface area contributed by atoms with Gasteiger partial charge in [-0.25, -0.2) is 9.37 Å². The molecule has 2 rings (SSSR count). The summed E-state index contributed by atoms with van der Waals surface area (Å²) in [4.78, 5) is 7.23. The second-order valence-corrected chi connectivity index (χ2v) is 4.85. The molecule has 5 heteroatoms. The molecular formula is C13H15BrFN3. The summed E-state index contributed by atoms with van der Waals surface area (Å²) in [5.41, 5.74) is 0.655. The van der Waals surface area contributed by atoms with Crippen LogP contribution in [0.5, 0.6) is 0 Å². The Morgan fingerprint density at radius 3 is 3.00 bits per heavy atom. The molecule has 1 heterocycles. The van der Waals surface area contributed by atoms with E-state index in [9.17, 15) is 4.39 Å². The van der Waals surface area contributed by atoms with Crippen molar-refractivity contribution in [3.05, 3.63) is 52.3 Å². The topological polar surface area (TPSA) is 40.7 Å². The van der Waals surface area contributed by atoms with Crippen LogP contribution in [-0.2, 0) is 6.42 Å². The van der Waals surface area contributed by atoms with Crippen molar-refractivity contribution in [1.29, 1.82) is 0 Å². The molecule has 0 amide bonds. The summed E-state index contributed by atoms with van der Waals surface area (Å²) < 4.78 is 14.6. The molecule has 0 fully saturated rings. The molecule has 1 unspecified atom stereocenters. The Labute approximate surface area is 114 Å². The minimum atomic E-state index is -0.213. The van der Waals surface area contributed by atoms with E-state index in [1.54, 1.807) is 24.5 Å². The largest absolute Gasteiger partial charge is 0.349 e. The average molecular weight is 312 g/mol. The summed E-state index contributed by atoms with van der Waals surface area (Å²) in [6.45, 7) is 2.78. The summed E-state index contributed by atoms with van der Waals surface area (Å²) in [5.74, 6) is 0.635. The van der Waals surface area contributed by atoms with E-state index in [0.717, 1.165) is 12.4 Å². The lowest BCUT2D eigenvalue weighted by Gasteiger charge is -2.18. The van der Waals surface area contributed by atoms with Crippen molar-refractivity contribution in [3.8, 4) is 0 Å². The highest BCUT2D eigenvalue weighted by Crippen LogP contribution is 2.25. The van der Waals surface area contributed by atoms with Crippen LogP contribution < -0.4 is 5.32 Å². The Balaban J connectivity index is 2.26. The van der Waals surface area contributed by atoms with Crippen LogP contribution in [0.3, 0.4) is 0 Å². The molecule has 0 spiro atoms. The number of likely N-dealkylation sites (N-methyl/N-ethyl adjacent to an activating group) is 1. The molecule has 0 saturated carbocycles. The number of hydrogen-bond donors (Lipinski definition) is 2. The Bertz CT molecular complexity index is 499. The van der Waals surface area contributed by atoms with Crippen molar-refractivity contribution in [3.63, 3.8) is 0 Å². The van der Waals surface area contributed by atoms with Crippen LogP contribution in [0.25, 0.3) is 0 Å². The number of rotatable bonds is 5. The van der Waals surface area contributed by atoms with E-state index in [-0.39, 0.29) is 11.9 Å². The van der Waals surface area contributed by atoms with Crippen LogP contribution in [0.15, 0.2) is 35.1 Å². The minimum Gasteiger partial charge on any atom is -0.349 e. The lowest BCUT2D eigenvalue weighted by Crippen LogP contribution is -2.24. The summed E-state index contributed by atoms with van der Waals surface area (Å²) in [6, 6.07) is 5.26. The first-order valence-electron chi connectivity index (χ1n) is 5.88. The number of nitrogens with one attached hydrogen (secondary N) is 2. The fraction of sp³-hybridized carbons (Fsp3) is 0.308. The zero-order valence-electron chi connectivity index (χ0n) is 10.1. The van der Waals surface area contributed by atoms with Crippen molar-refractivity contribution < 1.29 is 4.39 Å².